The number of aliphatic hydroxyl groups is 1. The zero-order chi connectivity index (χ0) is 35.5. The number of aromatic amines is 1. The van der Waals surface area contributed by atoms with Crippen molar-refractivity contribution in [1.29, 1.82) is 0 Å². The number of nitrogens with one attached hydrogen (secondary N) is 2. The molecule has 0 aliphatic carbocycles. The molecule has 0 spiro atoms. The largest absolute Gasteiger partial charge is 0.489 e. The number of hydrogen-bond donors (Lipinski definition) is 3. The molecule has 1 amide bonds. The van der Waals surface area contributed by atoms with Crippen LogP contribution in [0.5, 0.6) is 5.75 Å². The molecule has 51 heavy (non-hydrogen) atoms. The molecule has 3 heterocycles. The maximum Gasteiger partial charge on any atom is 0.262 e. The molecule has 0 radical (unpaired) electrons. The number of pyridine rings is 1. The van der Waals surface area contributed by atoms with Crippen molar-refractivity contribution in [3.05, 3.63) is 159 Å². The first-order chi connectivity index (χ1) is 24.8. The Hall–Kier alpha value is -6.06. The molecular formula is C42H37N3O6. The highest BCUT2D eigenvalue weighted by Crippen LogP contribution is 2.39. The summed E-state index contributed by atoms with van der Waals surface area (Å²) in [5.41, 5.74) is 4.79. The van der Waals surface area contributed by atoms with Gasteiger partial charge in [0.15, 0.2) is 11.6 Å². The summed E-state index contributed by atoms with van der Waals surface area (Å²) in [7, 11) is 0. The van der Waals surface area contributed by atoms with Gasteiger partial charge >= 0.3 is 0 Å². The number of Topliss-reactive ketones (excluding diaryl/α,β-unsaturated/α-hetero) is 2. The highest BCUT2D eigenvalue weighted by Gasteiger charge is 2.39. The minimum Gasteiger partial charge on any atom is -0.489 e. The molecule has 1 aliphatic rings. The van der Waals surface area contributed by atoms with Gasteiger partial charge in [-0.05, 0) is 72.4 Å². The van der Waals surface area contributed by atoms with Crippen molar-refractivity contribution >= 4 is 28.4 Å². The SMILES string of the molecule is CC(=O)c1ccc2n(c1=O)C(C(O)C(=O)[C@H](Cc1ccc(OCc3ccccc3)cc1)NC(=O)Cc1ccccc1)Cc1c-2[nH]c2ccccc12. The Bertz CT molecular complexity index is 2280. The van der Waals surface area contributed by atoms with Crippen molar-refractivity contribution in [2.75, 3.05) is 0 Å². The second-order valence-corrected chi connectivity index (χ2v) is 12.9. The minimum absolute atomic E-state index is 0.0368. The second-order valence-electron chi connectivity index (χ2n) is 12.9. The summed E-state index contributed by atoms with van der Waals surface area (Å²) < 4.78 is 7.30. The van der Waals surface area contributed by atoms with Gasteiger partial charge in [-0.3, -0.25) is 23.7 Å². The van der Waals surface area contributed by atoms with Gasteiger partial charge in [-0.2, -0.15) is 0 Å². The summed E-state index contributed by atoms with van der Waals surface area (Å²) in [6, 6.07) is 35.0. The number of ether oxygens (including phenoxy) is 1. The Morgan fingerprint density at radius 1 is 0.843 bits per heavy atom. The molecule has 0 saturated carbocycles. The first-order valence-electron chi connectivity index (χ1n) is 16.9. The summed E-state index contributed by atoms with van der Waals surface area (Å²) in [4.78, 5) is 57.5. The van der Waals surface area contributed by atoms with E-state index in [-0.39, 0.29) is 30.7 Å². The molecule has 3 N–H and O–H groups in total. The van der Waals surface area contributed by atoms with Gasteiger partial charge in [0.05, 0.1) is 35.5 Å². The van der Waals surface area contributed by atoms with Crippen LogP contribution in [0.15, 0.2) is 126 Å². The average Bonchev–Trinajstić information content (AvgIpc) is 3.53. The van der Waals surface area contributed by atoms with Crippen molar-refractivity contribution < 1.29 is 24.2 Å². The van der Waals surface area contributed by atoms with Crippen molar-refractivity contribution in [2.45, 2.75) is 51.0 Å². The highest BCUT2D eigenvalue weighted by atomic mass is 16.5. The fourth-order valence-electron chi connectivity index (χ4n) is 6.88. The van der Waals surface area contributed by atoms with Crippen molar-refractivity contribution in [1.82, 2.24) is 14.9 Å². The molecule has 4 aromatic carbocycles. The molecule has 0 fully saturated rings. The van der Waals surface area contributed by atoms with Gasteiger partial charge in [-0.25, -0.2) is 0 Å². The van der Waals surface area contributed by atoms with E-state index >= 15 is 0 Å². The Labute approximate surface area is 294 Å². The van der Waals surface area contributed by atoms with Crippen LogP contribution in [0, 0.1) is 0 Å². The van der Waals surface area contributed by atoms with Gasteiger partial charge in [-0.1, -0.05) is 91.0 Å². The van der Waals surface area contributed by atoms with Crippen LogP contribution < -0.4 is 15.6 Å². The molecule has 9 heteroatoms. The number of aliphatic hydroxyl groups excluding tert-OH is 1. The second kappa shape index (κ2) is 14.4. The standard InChI is InChI=1S/C42H37N3O6/c1-26(46)31-20-21-36-39-33(32-14-8-9-15-34(32)44-39)24-37(45(36)42(31)50)41(49)40(48)35(43-38(47)23-27-10-4-2-5-11-27)22-28-16-18-30(19-17-28)51-25-29-12-6-3-7-13-29/h2-21,35,37,41,44,49H,22-25H2,1H3,(H,43,47)/t35-,37?,41?/m0/s1. The van der Waals surface area contributed by atoms with E-state index in [1.54, 1.807) is 18.2 Å². The average molecular weight is 680 g/mol. The molecule has 2 unspecified atom stereocenters. The fourth-order valence-corrected chi connectivity index (χ4v) is 6.88. The van der Waals surface area contributed by atoms with Crippen molar-refractivity contribution in [3.8, 4) is 17.1 Å². The van der Waals surface area contributed by atoms with Gasteiger partial charge < -0.3 is 20.1 Å². The van der Waals surface area contributed by atoms with Crippen molar-refractivity contribution in [2.24, 2.45) is 0 Å². The maximum atomic E-state index is 14.4. The Morgan fingerprint density at radius 2 is 1.51 bits per heavy atom. The molecule has 3 atom stereocenters. The number of H-pyrrole nitrogens is 1. The summed E-state index contributed by atoms with van der Waals surface area (Å²) in [5.74, 6) is -0.791. The van der Waals surface area contributed by atoms with Gasteiger partial charge in [0.25, 0.3) is 5.56 Å². The number of aromatic nitrogens is 2. The van der Waals surface area contributed by atoms with Crippen LogP contribution in [0.1, 0.15) is 45.6 Å². The molecule has 7 rings (SSSR count). The number of para-hydroxylation sites is 1. The number of rotatable bonds is 12. The van der Waals surface area contributed by atoms with Crippen LogP contribution in [0.3, 0.4) is 0 Å². The number of carbonyl (C=O) groups excluding carboxylic acids is 3. The zero-order valence-corrected chi connectivity index (χ0v) is 28.0. The molecule has 0 saturated heterocycles. The van der Waals surface area contributed by atoms with Crippen LogP contribution in [-0.4, -0.2) is 44.3 Å². The fraction of sp³-hybridized carbons (Fsp3) is 0.190. The summed E-state index contributed by atoms with van der Waals surface area (Å²) >= 11 is 0. The lowest BCUT2D eigenvalue weighted by Gasteiger charge is -2.33. The van der Waals surface area contributed by atoms with Crippen LogP contribution in [0.4, 0.5) is 0 Å². The molecule has 0 bridgehead atoms. The Morgan fingerprint density at radius 3 is 2.22 bits per heavy atom. The smallest absolute Gasteiger partial charge is 0.262 e. The van der Waals surface area contributed by atoms with E-state index in [1.165, 1.54) is 17.6 Å². The number of amides is 1. The van der Waals surface area contributed by atoms with Crippen LogP contribution in [0.25, 0.3) is 22.3 Å². The van der Waals surface area contributed by atoms with E-state index in [0.717, 1.165) is 33.2 Å². The third-order valence-electron chi connectivity index (χ3n) is 9.46. The number of benzene rings is 4. The van der Waals surface area contributed by atoms with Gasteiger partial charge in [-0.15, -0.1) is 0 Å². The summed E-state index contributed by atoms with van der Waals surface area (Å²) in [5, 5.41) is 15.8. The van der Waals surface area contributed by atoms with E-state index in [4.69, 9.17) is 4.74 Å². The van der Waals surface area contributed by atoms with Crippen molar-refractivity contribution in [3.63, 3.8) is 0 Å². The molecule has 256 valence electrons. The van der Waals surface area contributed by atoms with Gasteiger partial charge in [0.1, 0.15) is 18.5 Å². The van der Waals surface area contributed by atoms with E-state index in [0.29, 0.717) is 23.7 Å². The summed E-state index contributed by atoms with van der Waals surface area (Å²) in [6.07, 6.45) is -1.41. The number of carbonyl (C=O) groups is 3. The molecule has 9 nitrogen and oxygen atoms in total. The predicted molar refractivity (Wildman–Crippen MR) is 195 cm³/mol. The first kappa shape index (κ1) is 33.4. The molecule has 1 aliphatic heterocycles. The number of fused-ring (bicyclic) bond motifs is 5. The topological polar surface area (TPSA) is 130 Å². The van der Waals surface area contributed by atoms with E-state index < -0.39 is 35.3 Å². The van der Waals surface area contributed by atoms with E-state index in [9.17, 15) is 24.3 Å². The summed E-state index contributed by atoms with van der Waals surface area (Å²) in [6.45, 7) is 1.71. The first-order valence-corrected chi connectivity index (χ1v) is 16.9. The monoisotopic (exact) mass is 679 g/mol. The quantitative estimate of drug-likeness (QED) is 0.141. The number of hydrogen-bond acceptors (Lipinski definition) is 6. The number of nitrogens with zero attached hydrogens (tertiary/aromatic N) is 1. The zero-order valence-electron chi connectivity index (χ0n) is 28.0. The third kappa shape index (κ3) is 7.02. The van der Waals surface area contributed by atoms with Crippen LogP contribution >= 0.6 is 0 Å². The third-order valence-corrected chi connectivity index (χ3v) is 9.46. The normalized spacial score (nSPS) is 14.6. The van der Waals surface area contributed by atoms with Gasteiger partial charge in [0.2, 0.25) is 5.91 Å². The van der Waals surface area contributed by atoms with Crippen LogP contribution in [0.2, 0.25) is 0 Å². The van der Waals surface area contributed by atoms with Crippen LogP contribution in [-0.2, 0) is 35.5 Å². The molecular weight excluding hydrogens is 642 g/mol. The molecule has 6 aromatic rings. The predicted octanol–water partition coefficient (Wildman–Crippen LogP) is 5.78. The lowest BCUT2D eigenvalue weighted by atomic mass is 9.88. The minimum atomic E-state index is -1.69. The Balaban J connectivity index is 1.20. The molecule has 2 aromatic heterocycles. The highest BCUT2D eigenvalue weighted by molar-refractivity contribution is 5.96. The lowest BCUT2D eigenvalue weighted by molar-refractivity contribution is -0.134. The Kier molecular flexibility index (Phi) is 9.46. The maximum absolute atomic E-state index is 14.4. The van der Waals surface area contributed by atoms with E-state index in [1.807, 2.05) is 97.1 Å². The number of ketones is 2. The lowest BCUT2D eigenvalue weighted by Crippen LogP contribution is -2.51. The van der Waals surface area contributed by atoms with E-state index in [2.05, 4.69) is 10.3 Å². The van der Waals surface area contributed by atoms with Gasteiger partial charge in [0, 0.05) is 10.9 Å².